The summed E-state index contributed by atoms with van der Waals surface area (Å²) in [6.45, 7) is 0. The van der Waals surface area contributed by atoms with E-state index in [9.17, 15) is 34.9 Å². The van der Waals surface area contributed by atoms with Gasteiger partial charge in [-0.1, -0.05) is 12.2 Å². The minimum absolute atomic E-state index is 0.0617. The number of benzene rings is 3. The zero-order valence-corrected chi connectivity index (χ0v) is 18.7. The van der Waals surface area contributed by atoms with E-state index in [-0.39, 0.29) is 28.5 Å². The van der Waals surface area contributed by atoms with E-state index >= 15 is 0 Å². The Morgan fingerprint density at radius 3 is 2.19 bits per heavy atom. The average molecular weight is 497 g/mol. The largest absolute Gasteiger partial charge is 0.389 e. The van der Waals surface area contributed by atoms with Crippen LogP contribution in [0, 0.1) is 20.2 Å². The number of aromatic amines is 1. The summed E-state index contributed by atoms with van der Waals surface area (Å²) in [6, 6.07) is 8.22. The number of nitrogens with one attached hydrogen (secondary N) is 2. The maximum absolute atomic E-state index is 13.2. The molecule has 2 atom stereocenters. The summed E-state index contributed by atoms with van der Waals surface area (Å²) in [6.07, 6.45) is 3.12. The molecule has 3 aromatic carbocycles. The van der Waals surface area contributed by atoms with Crippen molar-refractivity contribution < 1.29 is 24.5 Å². The molecule has 12 nitrogen and oxygen atoms in total. The summed E-state index contributed by atoms with van der Waals surface area (Å²) in [7, 11) is 0. The van der Waals surface area contributed by atoms with Gasteiger partial charge in [0.2, 0.25) is 0 Å². The SMILES string of the molecule is O=C1NC(=O)c2c1c1c3cc([N+](=O)[O-])ccc3[nH]c1c1c2c2cc([N+](=O)[O-])ccc2n1C1C=C[C@@H](O)C1. The number of nitro groups is 2. The van der Waals surface area contributed by atoms with Gasteiger partial charge in [0.05, 0.1) is 49.7 Å². The van der Waals surface area contributed by atoms with Crippen molar-refractivity contribution in [3.63, 3.8) is 0 Å². The van der Waals surface area contributed by atoms with Gasteiger partial charge >= 0.3 is 0 Å². The van der Waals surface area contributed by atoms with Crippen molar-refractivity contribution in [3.05, 3.63) is 79.9 Å². The Bertz CT molecular complexity index is 1970. The van der Waals surface area contributed by atoms with Gasteiger partial charge in [0, 0.05) is 57.7 Å². The third-order valence-electron chi connectivity index (χ3n) is 7.23. The maximum Gasteiger partial charge on any atom is 0.270 e. The number of aliphatic hydroxyl groups excluding tert-OH is 1. The number of aliphatic hydroxyl groups is 1. The molecule has 0 saturated carbocycles. The molecule has 0 spiro atoms. The van der Waals surface area contributed by atoms with Gasteiger partial charge in [0.25, 0.3) is 23.2 Å². The number of nitro benzene ring substituents is 2. The molecule has 0 radical (unpaired) electrons. The zero-order valence-electron chi connectivity index (χ0n) is 18.7. The van der Waals surface area contributed by atoms with E-state index in [4.69, 9.17) is 0 Å². The van der Waals surface area contributed by atoms with Crippen molar-refractivity contribution >= 4 is 66.8 Å². The van der Waals surface area contributed by atoms with E-state index in [1.165, 1.54) is 30.3 Å². The quantitative estimate of drug-likeness (QED) is 0.146. The number of carbonyl (C=O) groups excluding carboxylic acids is 2. The second-order valence-corrected chi connectivity index (χ2v) is 9.20. The molecule has 2 aliphatic rings. The number of allylic oxidation sites excluding steroid dienone is 1. The molecule has 1 aliphatic carbocycles. The molecule has 2 amide bonds. The van der Waals surface area contributed by atoms with Crippen LogP contribution in [0.1, 0.15) is 33.2 Å². The van der Waals surface area contributed by atoms with Crippen LogP contribution in [-0.4, -0.2) is 42.4 Å². The number of carbonyl (C=O) groups is 2. The van der Waals surface area contributed by atoms with Gasteiger partial charge in [-0.25, -0.2) is 0 Å². The predicted molar refractivity (Wildman–Crippen MR) is 133 cm³/mol. The number of nitrogens with zero attached hydrogens (tertiary/aromatic N) is 3. The Hall–Kier alpha value is -5.10. The normalized spacial score (nSPS) is 18.9. The molecule has 12 heteroatoms. The highest BCUT2D eigenvalue weighted by atomic mass is 16.6. The molecular weight excluding hydrogens is 482 g/mol. The fourth-order valence-electron chi connectivity index (χ4n) is 5.77. The lowest BCUT2D eigenvalue weighted by molar-refractivity contribution is -0.384. The number of non-ortho nitro benzene ring substituents is 2. The van der Waals surface area contributed by atoms with Gasteiger partial charge in [0.15, 0.2) is 0 Å². The lowest BCUT2D eigenvalue weighted by Gasteiger charge is -2.16. The van der Waals surface area contributed by atoms with E-state index < -0.39 is 27.8 Å². The van der Waals surface area contributed by atoms with Gasteiger partial charge in [-0.05, 0) is 12.1 Å². The summed E-state index contributed by atoms with van der Waals surface area (Å²) in [5.41, 5.74) is 1.84. The highest BCUT2D eigenvalue weighted by Gasteiger charge is 2.37. The molecule has 0 bridgehead atoms. The van der Waals surface area contributed by atoms with Crippen molar-refractivity contribution in [3.8, 4) is 0 Å². The third kappa shape index (κ3) is 2.69. The highest BCUT2D eigenvalue weighted by molar-refractivity contribution is 6.39. The van der Waals surface area contributed by atoms with E-state index in [2.05, 4.69) is 10.3 Å². The van der Waals surface area contributed by atoms with E-state index in [0.29, 0.717) is 50.0 Å². The highest BCUT2D eigenvalue weighted by Crippen LogP contribution is 2.46. The number of fused-ring (bicyclic) bond motifs is 10. The average Bonchev–Trinajstić information content (AvgIpc) is 3.60. The predicted octanol–water partition coefficient (Wildman–Crippen LogP) is 3.99. The van der Waals surface area contributed by atoms with Gasteiger partial charge in [-0.15, -0.1) is 0 Å². The molecule has 1 unspecified atom stereocenters. The number of aromatic nitrogens is 2. The van der Waals surface area contributed by atoms with Gasteiger partial charge in [0.1, 0.15) is 0 Å². The van der Waals surface area contributed by atoms with Gasteiger partial charge < -0.3 is 14.7 Å². The summed E-state index contributed by atoms with van der Waals surface area (Å²) >= 11 is 0. The molecule has 182 valence electrons. The first-order valence-electron chi connectivity index (χ1n) is 11.3. The first-order valence-corrected chi connectivity index (χ1v) is 11.3. The summed E-state index contributed by atoms with van der Waals surface area (Å²) in [5, 5.41) is 37.2. The summed E-state index contributed by atoms with van der Waals surface area (Å²) in [4.78, 5) is 51.5. The number of H-pyrrole nitrogens is 1. The standard InChI is InChI=1S/C25H15N5O7/c31-13-4-1-10(7-13)28-17-6-3-12(30(36)37)9-15(17)19-21-20(24(32)27-25(21)33)18-14-8-11(29(34)35)2-5-16(14)26-22(18)23(19)28/h1-6,8-10,13,26,31H,7H2,(H,27,32,33)/t10?,13-/m1/s1. The topological polar surface area (TPSA) is 173 Å². The summed E-state index contributed by atoms with van der Waals surface area (Å²) < 4.78 is 1.89. The van der Waals surface area contributed by atoms with Crippen LogP contribution in [-0.2, 0) is 0 Å². The Labute approximate surface area is 205 Å². The second-order valence-electron chi connectivity index (χ2n) is 9.20. The number of hydrogen-bond acceptors (Lipinski definition) is 7. The first kappa shape index (κ1) is 21.2. The number of rotatable bonds is 3. The van der Waals surface area contributed by atoms with Crippen molar-refractivity contribution in [2.75, 3.05) is 0 Å². The van der Waals surface area contributed by atoms with Crippen LogP contribution in [0.3, 0.4) is 0 Å². The fraction of sp³-hybridized carbons (Fsp3) is 0.120. The molecule has 0 fully saturated rings. The molecule has 3 N–H and O–H groups in total. The van der Waals surface area contributed by atoms with E-state index in [1.807, 2.05) is 10.6 Å². The first-order chi connectivity index (χ1) is 17.7. The van der Waals surface area contributed by atoms with Crippen LogP contribution in [0.5, 0.6) is 0 Å². The molecule has 7 rings (SSSR count). The molecule has 3 heterocycles. The molecule has 0 saturated heterocycles. The summed E-state index contributed by atoms with van der Waals surface area (Å²) in [5.74, 6) is -1.30. The van der Waals surface area contributed by atoms with Crippen molar-refractivity contribution in [2.45, 2.75) is 18.6 Å². The van der Waals surface area contributed by atoms with Crippen molar-refractivity contribution in [1.82, 2.24) is 14.9 Å². The number of amides is 2. The molecule has 2 aromatic heterocycles. The van der Waals surface area contributed by atoms with Gasteiger partial charge in [-0.2, -0.15) is 0 Å². The van der Waals surface area contributed by atoms with Crippen LogP contribution in [0.4, 0.5) is 11.4 Å². The zero-order chi connectivity index (χ0) is 25.7. The Morgan fingerprint density at radius 1 is 0.892 bits per heavy atom. The molecule has 5 aromatic rings. The van der Waals surface area contributed by atoms with Gasteiger partial charge in [-0.3, -0.25) is 35.1 Å². The monoisotopic (exact) mass is 497 g/mol. The second kappa shape index (κ2) is 6.98. The van der Waals surface area contributed by atoms with E-state index in [1.54, 1.807) is 12.1 Å². The van der Waals surface area contributed by atoms with Crippen LogP contribution in [0.25, 0.3) is 43.6 Å². The lowest BCUT2D eigenvalue weighted by Crippen LogP contribution is -2.20. The van der Waals surface area contributed by atoms with Crippen LogP contribution in [0.2, 0.25) is 0 Å². The van der Waals surface area contributed by atoms with Crippen LogP contribution < -0.4 is 5.32 Å². The van der Waals surface area contributed by atoms with E-state index in [0.717, 1.165) is 0 Å². The lowest BCUT2D eigenvalue weighted by atomic mass is 9.96. The Morgan fingerprint density at radius 2 is 1.54 bits per heavy atom. The maximum atomic E-state index is 13.2. The minimum Gasteiger partial charge on any atom is -0.389 e. The Balaban J connectivity index is 1.77. The fourth-order valence-corrected chi connectivity index (χ4v) is 5.77. The number of hydrogen-bond donors (Lipinski definition) is 3. The van der Waals surface area contributed by atoms with Crippen LogP contribution >= 0.6 is 0 Å². The van der Waals surface area contributed by atoms with Crippen LogP contribution in [0.15, 0.2) is 48.6 Å². The molecular formula is C25H15N5O7. The minimum atomic E-state index is -0.698. The Kier molecular flexibility index (Phi) is 4.00. The van der Waals surface area contributed by atoms with Crippen molar-refractivity contribution in [1.29, 1.82) is 0 Å². The van der Waals surface area contributed by atoms with Crippen molar-refractivity contribution in [2.24, 2.45) is 0 Å². The smallest absolute Gasteiger partial charge is 0.270 e. The molecule has 37 heavy (non-hydrogen) atoms. The third-order valence-corrected chi connectivity index (χ3v) is 7.23. The molecule has 1 aliphatic heterocycles. The number of imide groups is 1.